The predicted octanol–water partition coefficient (Wildman–Crippen LogP) is 1.65. The summed E-state index contributed by atoms with van der Waals surface area (Å²) in [5.74, 6) is -0.508. The Kier molecular flexibility index (Phi) is 3.74. The first-order chi connectivity index (χ1) is 11.7. The van der Waals surface area contributed by atoms with Gasteiger partial charge in [0.25, 0.3) is 11.8 Å². The predicted molar refractivity (Wildman–Crippen MR) is 91.2 cm³/mol. The fraction of sp³-hybridized carbons (Fsp3) is 0.278. The lowest BCUT2D eigenvalue weighted by atomic mass is 10.1. The Morgan fingerprint density at radius 2 is 2.12 bits per heavy atom. The highest BCUT2D eigenvalue weighted by molar-refractivity contribution is 6.17. The maximum atomic E-state index is 12.6. The van der Waals surface area contributed by atoms with E-state index in [-0.39, 0.29) is 17.9 Å². The number of anilines is 1. The number of fused-ring (bicyclic) bond motifs is 1. The number of benzene rings is 1. The molecule has 2 aliphatic rings. The lowest BCUT2D eigenvalue weighted by molar-refractivity contribution is -0.140. The summed E-state index contributed by atoms with van der Waals surface area (Å²) in [7, 11) is 0. The van der Waals surface area contributed by atoms with Crippen LogP contribution in [-0.2, 0) is 9.59 Å². The standard InChI is InChI=1S/C18H18N4O2/c23-17-9-16(18(24)22(17)14-5-3-7-19-11-14)21-13-8-12-4-1-2-6-15(12)20-10-13/h1-2,4,6,8-10,14,19,21H,3,5,7,11H2. The maximum absolute atomic E-state index is 12.6. The first kappa shape index (κ1) is 14.8. The molecule has 1 aromatic heterocycles. The van der Waals surface area contributed by atoms with Gasteiger partial charge in [-0.25, -0.2) is 0 Å². The summed E-state index contributed by atoms with van der Waals surface area (Å²) in [6, 6.07) is 9.62. The molecule has 0 saturated carbocycles. The van der Waals surface area contributed by atoms with Crippen molar-refractivity contribution in [3.8, 4) is 0 Å². The molecule has 0 spiro atoms. The van der Waals surface area contributed by atoms with E-state index < -0.39 is 0 Å². The van der Waals surface area contributed by atoms with Crippen LogP contribution < -0.4 is 10.6 Å². The average Bonchev–Trinajstić information content (AvgIpc) is 2.89. The van der Waals surface area contributed by atoms with Gasteiger partial charge in [-0.15, -0.1) is 0 Å². The summed E-state index contributed by atoms with van der Waals surface area (Å²) >= 11 is 0. The van der Waals surface area contributed by atoms with Crippen molar-refractivity contribution in [1.29, 1.82) is 0 Å². The number of nitrogens with zero attached hydrogens (tertiary/aromatic N) is 2. The lowest BCUT2D eigenvalue weighted by Crippen LogP contribution is -2.49. The van der Waals surface area contributed by atoms with Gasteiger partial charge >= 0.3 is 0 Å². The highest BCUT2D eigenvalue weighted by Gasteiger charge is 2.37. The second-order valence-electron chi connectivity index (χ2n) is 6.11. The lowest BCUT2D eigenvalue weighted by Gasteiger charge is -2.30. The minimum Gasteiger partial charge on any atom is -0.350 e. The van der Waals surface area contributed by atoms with Gasteiger partial charge in [0.2, 0.25) is 0 Å². The summed E-state index contributed by atoms with van der Waals surface area (Å²) in [4.78, 5) is 30.6. The number of para-hydroxylation sites is 1. The maximum Gasteiger partial charge on any atom is 0.277 e. The highest BCUT2D eigenvalue weighted by atomic mass is 16.2. The summed E-state index contributed by atoms with van der Waals surface area (Å²) in [6.45, 7) is 1.60. The SMILES string of the molecule is O=C1C=C(Nc2cnc3ccccc3c2)C(=O)N1C1CCCNC1. The molecular weight excluding hydrogens is 304 g/mol. The Labute approximate surface area is 139 Å². The number of amides is 2. The minimum absolute atomic E-state index is 0.0657. The van der Waals surface area contributed by atoms with Gasteiger partial charge in [0, 0.05) is 18.0 Å². The molecule has 6 nitrogen and oxygen atoms in total. The Hall–Kier alpha value is -2.73. The van der Waals surface area contributed by atoms with Crippen LogP contribution in [0.3, 0.4) is 0 Å². The number of pyridine rings is 1. The van der Waals surface area contributed by atoms with Crippen LogP contribution in [0, 0.1) is 0 Å². The molecule has 2 aromatic rings. The molecule has 3 heterocycles. The van der Waals surface area contributed by atoms with Gasteiger partial charge in [-0.2, -0.15) is 0 Å². The van der Waals surface area contributed by atoms with Gasteiger partial charge in [-0.05, 0) is 31.5 Å². The number of rotatable bonds is 3. The first-order valence-electron chi connectivity index (χ1n) is 8.14. The Morgan fingerprint density at radius 3 is 2.96 bits per heavy atom. The van der Waals surface area contributed by atoms with Crippen LogP contribution in [0.25, 0.3) is 10.9 Å². The number of hydrogen-bond donors (Lipinski definition) is 2. The molecule has 0 bridgehead atoms. The van der Waals surface area contributed by atoms with Crippen LogP contribution in [0.5, 0.6) is 0 Å². The zero-order chi connectivity index (χ0) is 16.5. The molecule has 0 radical (unpaired) electrons. The van der Waals surface area contributed by atoms with Crippen molar-refractivity contribution in [3.63, 3.8) is 0 Å². The van der Waals surface area contributed by atoms with Gasteiger partial charge in [-0.3, -0.25) is 19.5 Å². The van der Waals surface area contributed by atoms with E-state index in [4.69, 9.17) is 0 Å². The van der Waals surface area contributed by atoms with Crippen LogP contribution in [0.2, 0.25) is 0 Å². The molecule has 24 heavy (non-hydrogen) atoms. The van der Waals surface area contributed by atoms with E-state index in [1.807, 2.05) is 30.3 Å². The zero-order valence-corrected chi connectivity index (χ0v) is 13.2. The van der Waals surface area contributed by atoms with Crippen molar-refractivity contribution >= 4 is 28.4 Å². The zero-order valence-electron chi connectivity index (χ0n) is 13.2. The van der Waals surface area contributed by atoms with E-state index in [2.05, 4.69) is 15.6 Å². The fourth-order valence-electron chi connectivity index (χ4n) is 3.27. The highest BCUT2D eigenvalue weighted by Crippen LogP contribution is 2.23. The van der Waals surface area contributed by atoms with Crippen molar-refractivity contribution in [2.24, 2.45) is 0 Å². The van der Waals surface area contributed by atoms with Gasteiger partial charge in [0.05, 0.1) is 23.4 Å². The molecule has 0 aliphatic carbocycles. The average molecular weight is 322 g/mol. The Balaban J connectivity index is 1.54. The van der Waals surface area contributed by atoms with E-state index in [9.17, 15) is 9.59 Å². The van der Waals surface area contributed by atoms with Crippen LogP contribution >= 0.6 is 0 Å². The van der Waals surface area contributed by atoms with E-state index in [1.165, 1.54) is 11.0 Å². The topological polar surface area (TPSA) is 74.3 Å². The molecule has 1 fully saturated rings. The van der Waals surface area contributed by atoms with Gasteiger partial charge in [0.1, 0.15) is 5.70 Å². The number of carbonyl (C=O) groups is 2. The molecule has 1 aromatic carbocycles. The largest absolute Gasteiger partial charge is 0.350 e. The number of aromatic nitrogens is 1. The molecule has 2 amide bonds. The van der Waals surface area contributed by atoms with Gasteiger partial charge < -0.3 is 10.6 Å². The molecule has 1 unspecified atom stereocenters. The smallest absolute Gasteiger partial charge is 0.277 e. The first-order valence-corrected chi connectivity index (χ1v) is 8.14. The molecule has 6 heteroatoms. The Morgan fingerprint density at radius 1 is 1.25 bits per heavy atom. The van der Waals surface area contributed by atoms with E-state index in [0.717, 1.165) is 30.3 Å². The second kappa shape index (κ2) is 6.05. The van der Waals surface area contributed by atoms with Crippen molar-refractivity contribution in [3.05, 3.63) is 48.3 Å². The van der Waals surface area contributed by atoms with Crippen molar-refractivity contribution in [2.45, 2.75) is 18.9 Å². The Bertz CT molecular complexity index is 840. The van der Waals surface area contributed by atoms with Crippen LogP contribution in [0.1, 0.15) is 12.8 Å². The molecular formula is C18H18N4O2. The van der Waals surface area contributed by atoms with Crippen LogP contribution in [0.15, 0.2) is 48.3 Å². The normalized spacial score (nSPS) is 21.2. The third-order valence-corrected chi connectivity index (χ3v) is 4.46. The number of hydrogen-bond acceptors (Lipinski definition) is 5. The summed E-state index contributed by atoms with van der Waals surface area (Å²) in [6.07, 6.45) is 4.88. The summed E-state index contributed by atoms with van der Waals surface area (Å²) in [5, 5.41) is 7.27. The minimum atomic E-state index is -0.262. The fourth-order valence-corrected chi connectivity index (χ4v) is 3.27. The molecule has 2 aliphatic heterocycles. The van der Waals surface area contributed by atoms with Crippen LogP contribution in [0.4, 0.5) is 5.69 Å². The molecule has 1 atom stereocenters. The van der Waals surface area contributed by atoms with Crippen molar-refractivity contribution in [2.75, 3.05) is 18.4 Å². The van der Waals surface area contributed by atoms with Gasteiger partial charge in [-0.1, -0.05) is 18.2 Å². The number of nitrogens with one attached hydrogen (secondary N) is 2. The number of piperidine rings is 1. The summed E-state index contributed by atoms with van der Waals surface area (Å²) < 4.78 is 0. The van der Waals surface area contributed by atoms with Crippen LogP contribution in [-0.4, -0.2) is 40.8 Å². The van der Waals surface area contributed by atoms with Crippen molar-refractivity contribution < 1.29 is 9.59 Å². The third-order valence-electron chi connectivity index (χ3n) is 4.46. The number of carbonyl (C=O) groups excluding carboxylic acids is 2. The molecule has 2 N–H and O–H groups in total. The van der Waals surface area contributed by atoms with Gasteiger partial charge in [0.15, 0.2) is 0 Å². The quantitative estimate of drug-likeness (QED) is 0.841. The summed E-state index contributed by atoms with van der Waals surface area (Å²) in [5.41, 5.74) is 1.90. The molecule has 122 valence electrons. The monoisotopic (exact) mass is 322 g/mol. The van der Waals surface area contributed by atoms with E-state index in [1.54, 1.807) is 6.20 Å². The van der Waals surface area contributed by atoms with Crippen molar-refractivity contribution in [1.82, 2.24) is 15.2 Å². The number of imide groups is 1. The molecule has 4 rings (SSSR count). The third kappa shape index (κ3) is 2.65. The van der Waals surface area contributed by atoms with E-state index >= 15 is 0 Å². The molecule has 1 saturated heterocycles. The second-order valence-corrected chi connectivity index (χ2v) is 6.11. The van der Waals surface area contributed by atoms with E-state index in [0.29, 0.717) is 17.9 Å².